The average molecular weight is 1090 g/mol. The standard InChI is InChI=1S/C78H52BN5O/c1-8-25-53(26-9-1)62-39-22-23-40-69(62)84-70-41-24-42-76-78(70)79(67-51-73-65(49-75(67)84)63-45-43-60(47-71(63)82(73)58-35-18-6-19-36-58)80(54-27-10-2-11-28-54)55-29-12-3-13-30-55)68-52-74-66(50-77(68)85-76)64-46-44-61(48-72(64)83(74)59-37-20-7-21-38-59)81(56-31-14-4-15-32-56)57-33-16-5-17-34-57/h1-52H. The van der Waals surface area contributed by atoms with Crippen LogP contribution in [0.25, 0.3) is 66.1 Å². The van der Waals surface area contributed by atoms with Gasteiger partial charge in [-0.25, -0.2) is 0 Å². The van der Waals surface area contributed by atoms with Crippen molar-refractivity contribution < 1.29 is 4.74 Å². The minimum Gasteiger partial charge on any atom is -0.458 e. The summed E-state index contributed by atoms with van der Waals surface area (Å²) in [5.41, 5.74) is 22.2. The van der Waals surface area contributed by atoms with Crippen LogP contribution in [0.4, 0.5) is 51.2 Å². The van der Waals surface area contributed by atoms with Crippen molar-refractivity contribution in [1.82, 2.24) is 9.13 Å². The highest BCUT2D eigenvalue weighted by atomic mass is 16.5. The van der Waals surface area contributed by atoms with Crippen molar-refractivity contribution in [3.63, 3.8) is 0 Å². The third kappa shape index (κ3) is 7.82. The lowest BCUT2D eigenvalue weighted by Crippen LogP contribution is -2.59. The Morgan fingerprint density at radius 1 is 0.282 bits per heavy atom. The van der Waals surface area contributed by atoms with Crippen LogP contribution in [0.1, 0.15) is 0 Å². The van der Waals surface area contributed by atoms with Crippen LogP contribution in [-0.4, -0.2) is 15.8 Å². The number of hydrogen-bond donors (Lipinski definition) is 0. The molecule has 0 amide bonds. The monoisotopic (exact) mass is 1090 g/mol. The number of nitrogens with zero attached hydrogens (tertiary/aromatic N) is 5. The molecule has 0 N–H and O–H groups in total. The molecular weight excluding hydrogens is 1030 g/mol. The summed E-state index contributed by atoms with van der Waals surface area (Å²) in [5.74, 6) is 1.71. The molecular formula is C78H52BN5O. The van der Waals surface area contributed by atoms with E-state index in [4.69, 9.17) is 4.74 Å². The number of aromatic nitrogens is 2. The van der Waals surface area contributed by atoms with Gasteiger partial charge in [0.15, 0.2) is 0 Å². The Labute approximate surface area is 493 Å². The van der Waals surface area contributed by atoms with Crippen LogP contribution in [0.5, 0.6) is 11.5 Å². The van der Waals surface area contributed by atoms with Crippen molar-refractivity contribution in [2.75, 3.05) is 14.7 Å². The zero-order chi connectivity index (χ0) is 56.0. The van der Waals surface area contributed by atoms with Gasteiger partial charge in [0.05, 0.1) is 27.8 Å². The number of anilines is 9. The molecule has 398 valence electrons. The van der Waals surface area contributed by atoms with Gasteiger partial charge in [0, 0.05) is 84.0 Å². The minimum absolute atomic E-state index is 0.215. The SMILES string of the molecule is c1ccc(-c2ccccc2N2c3cc4c5ccc(N(c6ccccc6)c6ccccc6)cc5n(-c5ccccc5)c4cc3B3c4cc5c(cc4Oc4cccc2c43)c2ccc(N(c3ccccc3)c3ccccc3)cc2n5-c2ccccc2)cc1. The first-order valence-electron chi connectivity index (χ1n) is 29.1. The van der Waals surface area contributed by atoms with Gasteiger partial charge in [0.2, 0.25) is 0 Å². The number of rotatable bonds is 10. The summed E-state index contributed by atoms with van der Waals surface area (Å²) in [6.07, 6.45) is 0. The smallest absolute Gasteiger partial charge is 0.256 e. The van der Waals surface area contributed by atoms with E-state index >= 15 is 0 Å². The second kappa shape index (κ2) is 19.7. The van der Waals surface area contributed by atoms with Crippen molar-refractivity contribution in [2.45, 2.75) is 0 Å². The number of para-hydroxylation sites is 7. The Balaban J connectivity index is 0.947. The quantitative estimate of drug-likeness (QED) is 0.128. The Morgan fingerprint density at radius 2 is 0.706 bits per heavy atom. The van der Waals surface area contributed by atoms with Gasteiger partial charge in [-0.15, -0.1) is 0 Å². The van der Waals surface area contributed by atoms with Crippen LogP contribution in [0.3, 0.4) is 0 Å². The Bertz CT molecular complexity index is 4960. The van der Waals surface area contributed by atoms with Gasteiger partial charge in [-0.2, -0.15) is 0 Å². The predicted octanol–water partition coefficient (Wildman–Crippen LogP) is 18.9. The molecule has 2 aliphatic heterocycles. The molecule has 2 aliphatic rings. The molecule has 4 heterocycles. The molecule has 85 heavy (non-hydrogen) atoms. The maximum atomic E-state index is 7.37. The summed E-state index contributed by atoms with van der Waals surface area (Å²) in [5, 5.41) is 4.61. The average Bonchev–Trinajstić information content (AvgIpc) is 1.87. The van der Waals surface area contributed by atoms with Crippen LogP contribution in [0, 0.1) is 0 Å². The van der Waals surface area contributed by atoms with E-state index in [0.29, 0.717) is 0 Å². The number of ether oxygens (including phenoxy) is 1. The molecule has 0 aliphatic carbocycles. The van der Waals surface area contributed by atoms with E-state index in [0.717, 1.165) is 129 Å². The third-order valence-corrected chi connectivity index (χ3v) is 17.3. The molecule has 0 radical (unpaired) electrons. The Morgan fingerprint density at radius 3 is 1.22 bits per heavy atom. The van der Waals surface area contributed by atoms with Crippen molar-refractivity contribution >= 4 is 118 Å². The van der Waals surface area contributed by atoms with Crippen LogP contribution in [0.2, 0.25) is 0 Å². The van der Waals surface area contributed by atoms with Crippen molar-refractivity contribution in [2.24, 2.45) is 0 Å². The molecule has 17 rings (SSSR count). The summed E-state index contributed by atoms with van der Waals surface area (Å²) in [7, 11) is 0. The number of benzene rings is 13. The fourth-order valence-electron chi connectivity index (χ4n) is 13.7. The second-order valence-corrected chi connectivity index (χ2v) is 22.0. The molecule has 0 fully saturated rings. The van der Waals surface area contributed by atoms with Gasteiger partial charge in [0.25, 0.3) is 6.71 Å². The first kappa shape index (κ1) is 48.4. The lowest BCUT2D eigenvalue weighted by atomic mass is 9.34. The molecule has 0 saturated heterocycles. The lowest BCUT2D eigenvalue weighted by molar-refractivity contribution is 0.488. The first-order valence-corrected chi connectivity index (χ1v) is 29.1. The summed E-state index contributed by atoms with van der Waals surface area (Å²) in [4.78, 5) is 7.22. The molecule has 0 bridgehead atoms. The van der Waals surface area contributed by atoms with Gasteiger partial charge < -0.3 is 28.6 Å². The van der Waals surface area contributed by atoms with Gasteiger partial charge >= 0.3 is 0 Å². The summed E-state index contributed by atoms with van der Waals surface area (Å²) >= 11 is 0. The van der Waals surface area contributed by atoms with Crippen molar-refractivity contribution in [3.05, 3.63) is 315 Å². The maximum absolute atomic E-state index is 7.37. The number of fused-ring (bicyclic) bond motifs is 10. The van der Waals surface area contributed by atoms with Gasteiger partial charge in [-0.05, 0) is 161 Å². The van der Waals surface area contributed by atoms with E-state index in [1.54, 1.807) is 0 Å². The minimum atomic E-state index is -0.215. The van der Waals surface area contributed by atoms with Gasteiger partial charge in [-0.1, -0.05) is 176 Å². The highest BCUT2D eigenvalue weighted by molar-refractivity contribution is 6.99. The molecule has 13 aromatic carbocycles. The van der Waals surface area contributed by atoms with E-state index in [2.05, 4.69) is 339 Å². The van der Waals surface area contributed by atoms with Crippen LogP contribution in [-0.2, 0) is 0 Å². The maximum Gasteiger partial charge on any atom is 0.256 e. The first-order chi connectivity index (χ1) is 42.2. The van der Waals surface area contributed by atoms with E-state index in [-0.39, 0.29) is 6.71 Å². The molecule has 6 nitrogen and oxygen atoms in total. The third-order valence-electron chi connectivity index (χ3n) is 17.3. The van der Waals surface area contributed by atoms with E-state index < -0.39 is 0 Å². The normalized spacial score (nSPS) is 12.3. The van der Waals surface area contributed by atoms with Crippen LogP contribution < -0.4 is 35.8 Å². The van der Waals surface area contributed by atoms with Gasteiger partial charge in [-0.3, -0.25) is 0 Å². The summed E-state index contributed by atoms with van der Waals surface area (Å²) < 4.78 is 12.3. The largest absolute Gasteiger partial charge is 0.458 e. The molecule has 0 unspecified atom stereocenters. The zero-order valence-electron chi connectivity index (χ0n) is 46.2. The highest BCUT2D eigenvalue weighted by Gasteiger charge is 2.43. The fourth-order valence-corrected chi connectivity index (χ4v) is 13.7. The molecule has 7 heteroatoms. The predicted molar refractivity (Wildman–Crippen MR) is 356 cm³/mol. The molecule has 0 saturated carbocycles. The van der Waals surface area contributed by atoms with Crippen molar-refractivity contribution in [3.8, 4) is 34.0 Å². The molecule has 2 aromatic heterocycles. The summed E-state index contributed by atoms with van der Waals surface area (Å²) in [6.45, 7) is -0.215. The van der Waals surface area contributed by atoms with Crippen LogP contribution in [0.15, 0.2) is 315 Å². The molecule has 0 spiro atoms. The number of hydrogen-bond acceptors (Lipinski definition) is 4. The van der Waals surface area contributed by atoms with Gasteiger partial charge in [0.1, 0.15) is 11.5 Å². The molecule has 15 aromatic rings. The Kier molecular flexibility index (Phi) is 11.2. The lowest BCUT2D eigenvalue weighted by Gasteiger charge is -2.40. The topological polar surface area (TPSA) is 28.8 Å². The van der Waals surface area contributed by atoms with E-state index in [1.807, 2.05) is 0 Å². The van der Waals surface area contributed by atoms with E-state index in [9.17, 15) is 0 Å². The zero-order valence-corrected chi connectivity index (χ0v) is 46.2. The summed E-state index contributed by atoms with van der Waals surface area (Å²) in [6, 6.07) is 114. The van der Waals surface area contributed by atoms with Crippen LogP contribution >= 0.6 is 0 Å². The van der Waals surface area contributed by atoms with Crippen molar-refractivity contribution in [1.29, 1.82) is 0 Å². The molecule has 0 atom stereocenters. The fraction of sp³-hybridized carbons (Fsp3) is 0. The second-order valence-electron chi connectivity index (χ2n) is 22.0. The van der Waals surface area contributed by atoms with E-state index in [1.165, 1.54) is 16.2 Å². The Hall–Kier alpha value is -11.3. The highest BCUT2D eigenvalue weighted by Crippen LogP contribution is 2.49.